The Morgan fingerprint density at radius 1 is 1.06 bits per heavy atom. The van der Waals surface area contributed by atoms with Crippen molar-refractivity contribution in [1.82, 2.24) is 16.0 Å². The van der Waals surface area contributed by atoms with Crippen LogP contribution in [0.1, 0.15) is 30.9 Å². The van der Waals surface area contributed by atoms with Crippen LogP contribution in [0.4, 0.5) is 0 Å². The first-order valence-corrected chi connectivity index (χ1v) is 11.3. The average molecular weight is 439 g/mol. The number of nitrogens with zero attached hydrogens (tertiary/aromatic N) is 1. The smallest absolute Gasteiger partial charge is 0.258 e. The number of benzene rings is 2. The Kier molecular flexibility index (Phi) is 9.22. The highest BCUT2D eigenvalue weighted by atomic mass is 16.5. The lowest BCUT2D eigenvalue weighted by atomic mass is 10.1. The summed E-state index contributed by atoms with van der Waals surface area (Å²) in [5, 5.41) is 9.59. The van der Waals surface area contributed by atoms with Crippen molar-refractivity contribution < 1.29 is 14.3 Å². The number of methoxy groups -OCH3 is 1. The zero-order valence-corrected chi connectivity index (χ0v) is 19.0. The summed E-state index contributed by atoms with van der Waals surface area (Å²) < 4.78 is 11.0. The van der Waals surface area contributed by atoms with Gasteiger partial charge in [-0.1, -0.05) is 30.3 Å². The van der Waals surface area contributed by atoms with E-state index in [4.69, 9.17) is 9.47 Å². The number of ether oxygens (including phenoxy) is 2. The molecular weight excluding hydrogens is 404 g/mol. The van der Waals surface area contributed by atoms with Gasteiger partial charge in [0.2, 0.25) is 0 Å². The lowest BCUT2D eigenvalue weighted by Crippen LogP contribution is -2.38. The first kappa shape index (κ1) is 23.4. The molecular formula is C25H34N4O3. The second-order valence-electron chi connectivity index (χ2n) is 7.77. The second-order valence-corrected chi connectivity index (χ2v) is 7.77. The van der Waals surface area contributed by atoms with Crippen LogP contribution in [0.15, 0.2) is 53.5 Å². The Morgan fingerprint density at radius 2 is 1.84 bits per heavy atom. The Hall–Kier alpha value is -3.22. The van der Waals surface area contributed by atoms with Crippen LogP contribution in [-0.2, 0) is 17.6 Å². The molecule has 7 nitrogen and oxygen atoms in total. The van der Waals surface area contributed by atoms with E-state index in [2.05, 4.69) is 33.9 Å². The van der Waals surface area contributed by atoms with E-state index in [9.17, 15) is 4.79 Å². The fourth-order valence-electron chi connectivity index (χ4n) is 3.26. The summed E-state index contributed by atoms with van der Waals surface area (Å²) in [5.74, 6) is 2.36. The number of carbonyl (C=O) groups is 1. The highest BCUT2D eigenvalue weighted by Gasteiger charge is 2.23. The summed E-state index contributed by atoms with van der Waals surface area (Å²) in [5.41, 5.74) is 2.35. The fraction of sp³-hybridized carbons (Fsp3) is 0.440. The Bertz CT molecular complexity index is 879. The molecule has 1 saturated carbocycles. The molecule has 1 amide bonds. The summed E-state index contributed by atoms with van der Waals surface area (Å²) in [6, 6.07) is 16.3. The van der Waals surface area contributed by atoms with Crippen LogP contribution in [0.3, 0.4) is 0 Å². The SMILES string of the molecule is CCNC(=NCCc1ccccc1OC)NCCc1ccc(OCC(=O)NC2CC2)cc1. The van der Waals surface area contributed by atoms with E-state index < -0.39 is 0 Å². The number of nitrogens with one attached hydrogen (secondary N) is 3. The maximum absolute atomic E-state index is 11.7. The van der Waals surface area contributed by atoms with E-state index in [1.807, 2.05) is 42.5 Å². The highest BCUT2D eigenvalue weighted by molar-refractivity contribution is 5.79. The molecule has 0 saturated heterocycles. The predicted molar refractivity (Wildman–Crippen MR) is 127 cm³/mol. The molecule has 0 bridgehead atoms. The summed E-state index contributed by atoms with van der Waals surface area (Å²) >= 11 is 0. The lowest BCUT2D eigenvalue weighted by molar-refractivity contribution is -0.123. The van der Waals surface area contributed by atoms with Gasteiger partial charge in [0.25, 0.3) is 5.91 Å². The maximum Gasteiger partial charge on any atom is 0.258 e. The van der Waals surface area contributed by atoms with Crippen LogP contribution in [0, 0.1) is 0 Å². The minimum absolute atomic E-state index is 0.0540. The minimum Gasteiger partial charge on any atom is -0.496 e. The first-order valence-electron chi connectivity index (χ1n) is 11.3. The molecule has 0 aromatic heterocycles. The quantitative estimate of drug-likeness (QED) is 0.351. The van der Waals surface area contributed by atoms with Crippen molar-refractivity contribution in [2.75, 3.05) is 33.4 Å². The molecule has 3 rings (SSSR count). The largest absolute Gasteiger partial charge is 0.496 e. The molecule has 0 atom stereocenters. The van der Waals surface area contributed by atoms with Gasteiger partial charge in [-0.05, 0) is 61.9 Å². The number of carbonyl (C=O) groups excluding carboxylic acids is 1. The summed E-state index contributed by atoms with van der Waals surface area (Å²) in [6.45, 7) is 4.37. The van der Waals surface area contributed by atoms with Crippen molar-refractivity contribution in [3.05, 3.63) is 59.7 Å². The lowest BCUT2D eigenvalue weighted by Gasteiger charge is -2.12. The van der Waals surface area contributed by atoms with Crippen LogP contribution in [-0.4, -0.2) is 51.3 Å². The monoisotopic (exact) mass is 438 g/mol. The molecule has 2 aromatic carbocycles. The maximum atomic E-state index is 11.7. The molecule has 0 aliphatic heterocycles. The topological polar surface area (TPSA) is 84.0 Å². The van der Waals surface area contributed by atoms with Crippen molar-refractivity contribution in [2.24, 2.45) is 4.99 Å². The van der Waals surface area contributed by atoms with Gasteiger partial charge in [-0.15, -0.1) is 0 Å². The predicted octanol–water partition coefficient (Wildman–Crippen LogP) is 2.69. The third-order valence-electron chi connectivity index (χ3n) is 5.13. The van der Waals surface area contributed by atoms with E-state index in [0.717, 1.165) is 56.0 Å². The number of hydrogen-bond acceptors (Lipinski definition) is 4. The van der Waals surface area contributed by atoms with Crippen molar-refractivity contribution >= 4 is 11.9 Å². The molecule has 3 N–H and O–H groups in total. The molecule has 2 aromatic rings. The molecule has 0 spiro atoms. The summed E-state index contributed by atoms with van der Waals surface area (Å²) in [7, 11) is 1.69. The van der Waals surface area contributed by atoms with E-state index in [1.165, 1.54) is 5.56 Å². The highest BCUT2D eigenvalue weighted by Crippen LogP contribution is 2.19. The van der Waals surface area contributed by atoms with Gasteiger partial charge in [0.05, 0.1) is 7.11 Å². The van der Waals surface area contributed by atoms with Gasteiger partial charge in [0.15, 0.2) is 12.6 Å². The minimum atomic E-state index is -0.0540. The number of para-hydroxylation sites is 1. The molecule has 7 heteroatoms. The van der Waals surface area contributed by atoms with Crippen molar-refractivity contribution in [3.8, 4) is 11.5 Å². The molecule has 0 radical (unpaired) electrons. The number of rotatable bonds is 12. The Labute approximate surface area is 190 Å². The number of aliphatic imine (C=N–C) groups is 1. The van der Waals surface area contributed by atoms with Gasteiger partial charge >= 0.3 is 0 Å². The van der Waals surface area contributed by atoms with E-state index in [1.54, 1.807) is 7.11 Å². The van der Waals surface area contributed by atoms with E-state index >= 15 is 0 Å². The second kappa shape index (κ2) is 12.6. The molecule has 0 unspecified atom stereocenters. The van der Waals surface area contributed by atoms with E-state index in [0.29, 0.717) is 18.3 Å². The van der Waals surface area contributed by atoms with Gasteiger partial charge in [-0.25, -0.2) is 0 Å². The van der Waals surface area contributed by atoms with Gasteiger partial charge in [-0.3, -0.25) is 9.79 Å². The molecule has 32 heavy (non-hydrogen) atoms. The van der Waals surface area contributed by atoms with Crippen molar-refractivity contribution in [3.63, 3.8) is 0 Å². The van der Waals surface area contributed by atoms with E-state index in [-0.39, 0.29) is 12.5 Å². The van der Waals surface area contributed by atoms with Crippen molar-refractivity contribution in [1.29, 1.82) is 0 Å². The molecule has 172 valence electrons. The van der Waals surface area contributed by atoms with Gasteiger partial charge < -0.3 is 25.4 Å². The van der Waals surface area contributed by atoms with Crippen LogP contribution in [0.5, 0.6) is 11.5 Å². The molecule has 1 fully saturated rings. The standard InChI is InChI=1S/C25H34N4O3/c1-3-26-25(28-17-15-20-6-4-5-7-23(20)31-2)27-16-14-19-8-12-22(13-9-19)32-18-24(30)29-21-10-11-21/h4-9,12-13,21H,3,10-11,14-18H2,1-2H3,(H,29,30)(H2,26,27,28). The van der Waals surface area contributed by atoms with Crippen LogP contribution >= 0.6 is 0 Å². The fourth-order valence-corrected chi connectivity index (χ4v) is 3.26. The molecule has 1 aliphatic rings. The number of hydrogen-bond donors (Lipinski definition) is 3. The van der Waals surface area contributed by atoms with Gasteiger partial charge in [0, 0.05) is 25.7 Å². The zero-order chi connectivity index (χ0) is 22.6. The molecule has 1 aliphatic carbocycles. The average Bonchev–Trinajstić information content (AvgIpc) is 3.63. The summed E-state index contributed by atoms with van der Waals surface area (Å²) in [6.07, 6.45) is 3.84. The molecule has 0 heterocycles. The van der Waals surface area contributed by atoms with Crippen LogP contribution in [0.2, 0.25) is 0 Å². The third kappa shape index (κ3) is 8.13. The van der Waals surface area contributed by atoms with Crippen LogP contribution < -0.4 is 25.4 Å². The van der Waals surface area contributed by atoms with Crippen LogP contribution in [0.25, 0.3) is 0 Å². The first-order chi connectivity index (χ1) is 15.7. The normalized spacial score (nSPS) is 13.4. The Morgan fingerprint density at radius 3 is 2.56 bits per heavy atom. The van der Waals surface area contributed by atoms with Crippen molar-refractivity contribution in [2.45, 2.75) is 38.6 Å². The summed E-state index contributed by atoms with van der Waals surface area (Å²) in [4.78, 5) is 16.4. The number of guanidine groups is 1. The van der Waals surface area contributed by atoms with Gasteiger partial charge in [0.1, 0.15) is 11.5 Å². The third-order valence-corrected chi connectivity index (χ3v) is 5.13. The zero-order valence-electron chi connectivity index (χ0n) is 19.0. The van der Waals surface area contributed by atoms with Gasteiger partial charge in [-0.2, -0.15) is 0 Å². The Balaban J connectivity index is 1.40. The number of amides is 1.